The van der Waals surface area contributed by atoms with Gasteiger partial charge in [-0.25, -0.2) is 0 Å². The lowest BCUT2D eigenvalue weighted by molar-refractivity contribution is -0.144. The van der Waals surface area contributed by atoms with Crippen molar-refractivity contribution >= 4 is 23.1 Å². The van der Waals surface area contributed by atoms with Crippen LogP contribution in [-0.2, 0) is 9.53 Å². The number of hydrogen-bond acceptors (Lipinski definition) is 3. The van der Waals surface area contributed by atoms with Gasteiger partial charge in [0, 0.05) is 6.54 Å². The average molecular weight is 256 g/mol. The number of carbonyl (C=O) groups excluding carboxylic acids is 1. The van der Waals surface area contributed by atoms with Gasteiger partial charge in [-0.3, -0.25) is 4.79 Å². The highest BCUT2D eigenvalue weighted by Crippen LogP contribution is 2.25. The molecule has 2 heterocycles. The maximum Gasteiger partial charge on any atom is 0.252 e. The summed E-state index contributed by atoms with van der Waals surface area (Å²) >= 11 is 5.05. The molecule has 0 radical (unpaired) electrons. The summed E-state index contributed by atoms with van der Waals surface area (Å²) in [7, 11) is 0. The summed E-state index contributed by atoms with van der Waals surface area (Å²) in [6, 6.07) is -0.0641. The number of nitrogens with two attached hydrogens (primary N) is 1. The first-order valence-electron chi connectivity index (χ1n) is 6.35. The lowest BCUT2D eigenvalue weighted by atomic mass is 10.0. The number of piperidine rings is 1. The van der Waals surface area contributed by atoms with E-state index in [0.717, 1.165) is 38.6 Å². The summed E-state index contributed by atoms with van der Waals surface area (Å²) in [6.45, 7) is 2.77. The van der Waals surface area contributed by atoms with Crippen molar-refractivity contribution in [2.45, 2.75) is 57.3 Å². The monoisotopic (exact) mass is 256 g/mol. The fourth-order valence-corrected chi connectivity index (χ4v) is 2.91. The average Bonchev–Trinajstić information content (AvgIpc) is 2.75. The van der Waals surface area contributed by atoms with Crippen molar-refractivity contribution in [3.05, 3.63) is 0 Å². The summed E-state index contributed by atoms with van der Waals surface area (Å²) in [4.78, 5) is 14.6. The number of likely N-dealkylation sites (tertiary alicyclic amines) is 1. The van der Waals surface area contributed by atoms with Crippen LogP contribution in [0, 0.1) is 0 Å². The molecule has 5 heteroatoms. The Bertz CT molecular complexity index is 322. The lowest BCUT2D eigenvalue weighted by Crippen LogP contribution is -2.52. The van der Waals surface area contributed by atoms with E-state index >= 15 is 0 Å². The molecule has 2 rings (SSSR count). The predicted molar refractivity (Wildman–Crippen MR) is 69.7 cm³/mol. The molecule has 3 unspecified atom stereocenters. The Labute approximate surface area is 107 Å². The summed E-state index contributed by atoms with van der Waals surface area (Å²) in [5, 5.41) is 0. The molecule has 0 spiro atoms. The Morgan fingerprint density at radius 3 is 2.71 bits per heavy atom. The van der Waals surface area contributed by atoms with Gasteiger partial charge in [0.2, 0.25) is 0 Å². The fraction of sp³-hybridized carbons (Fsp3) is 0.833. The molecule has 0 saturated carbocycles. The quantitative estimate of drug-likeness (QED) is 0.755. The van der Waals surface area contributed by atoms with Crippen LogP contribution in [0.25, 0.3) is 0 Å². The maximum absolute atomic E-state index is 12.3. The van der Waals surface area contributed by atoms with Crippen molar-refractivity contribution in [1.29, 1.82) is 0 Å². The summed E-state index contributed by atoms with van der Waals surface area (Å²) in [6.07, 6.45) is 4.71. The zero-order chi connectivity index (χ0) is 12.4. The van der Waals surface area contributed by atoms with E-state index in [2.05, 4.69) is 0 Å². The second kappa shape index (κ2) is 5.31. The molecule has 0 bridgehead atoms. The van der Waals surface area contributed by atoms with Gasteiger partial charge in [0.25, 0.3) is 5.91 Å². The minimum absolute atomic E-state index is 0.0641. The molecular formula is C12H20N2O2S. The highest BCUT2D eigenvalue weighted by Gasteiger charge is 2.36. The predicted octanol–water partition coefficient (Wildman–Crippen LogP) is 1.22. The van der Waals surface area contributed by atoms with Gasteiger partial charge >= 0.3 is 0 Å². The van der Waals surface area contributed by atoms with Crippen LogP contribution in [0.2, 0.25) is 0 Å². The van der Waals surface area contributed by atoms with Crippen molar-refractivity contribution in [2.24, 2.45) is 5.73 Å². The maximum atomic E-state index is 12.3. The Kier molecular flexibility index (Phi) is 3.99. The molecule has 2 N–H and O–H groups in total. The molecule has 17 heavy (non-hydrogen) atoms. The van der Waals surface area contributed by atoms with Crippen molar-refractivity contribution in [3.8, 4) is 0 Å². The zero-order valence-corrected chi connectivity index (χ0v) is 11.0. The number of thiocarbonyl (C=S) groups is 1. The number of carbonyl (C=O) groups is 1. The van der Waals surface area contributed by atoms with E-state index in [1.54, 1.807) is 0 Å². The first-order chi connectivity index (χ1) is 8.09. The molecule has 2 fully saturated rings. The Hall–Kier alpha value is -0.680. The third kappa shape index (κ3) is 2.77. The van der Waals surface area contributed by atoms with E-state index in [0.29, 0.717) is 4.99 Å². The first-order valence-corrected chi connectivity index (χ1v) is 6.75. The normalized spacial score (nSPS) is 33.7. The van der Waals surface area contributed by atoms with Gasteiger partial charge in [-0.1, -0.05) is 12.2 Å². The number of rotatable bonds is 2. The SMILES string of the molecule is CC1CCC(C(=O)N2CCCCC2C(N)=S)O1. The number of hydrogen-bond donors (Lipinski definition) is 1. The van der Waals surface area contributed by atoms with Gasteiger partial charge in [-0.15, -0.1) is 0 Å². The Morgan fingerprint density at radius 1 is 1.35 bits per heavy atom. The van der Waals surface area contributed by atoms with Crippen LogP contribution >= 0.6 is 12.2 Å². The van der Waals surface area contributed by atoms with Crippen molar-refractivity contribution in [1.82, 2.24) is 4.90 Å². The Morgan fingerprint density at radius 2 is 2.12 bits per heavy atom. The van der Waals surface area contributed by atoms with Crippen LogP contribution in [0.4, 0.5) is 0 Å². The van der Waals surface area contributed by atoms with E-state index in [4.69, 9.17) is 22.7 Å². The third-order valence-corrected chi connectivity index (χ3v) is 3.89. The lowest BCUT2D eigenvalue weighted by Gasteiger charge is -2.36. The van der Waals surface area contributed by atoms with E-state index in [1.807, 2.05) is 11.8 Å². The van der Waals surface area contributed by atoms with Crippen LogP contribution in [0.15, 0.2) is 0 Å². The molecular weight excluding hydrogens is 236 g/mol. The van der Waals surface area contributed by atoms with Gasteiger partial charge in [-0.05, 0) is 39.0 Å². The second-order valence-electron chi connectivity index (χ2n) is 4.96. The summed E-state index contributed by atoms with van der Waals surface area (Å²) in [5.74, 6) is 0.0758. The van der Waals surface area contributed by atoms with Crippen LogP contribution in [0.1, 0.15) is 39.0 Å². The smallest absolute Gasteiger partial charge is 0.252 e. The highest BCUT2D eigenvalue weighted by molar-refractivity contribution is 7.80. The molecule has 0 aromatic carbocycles. The van der Waals surface area contributed by atoms with Crippen LogP contribution in [0.3, 0.4) is 0 Å². The Balaban J connectivity index is 2.03. The summed E-state index contributed by atoms with van der Waals surface area (Å²) in [5.41, 5.74) is 5.72. The second-order valence-corrected chi connectivity index (χ2v) is 5.43. The van der Waals surface area contributed by atoms with Crippen LogP contribution in [0.5, 0.6) is 0 Å². The molecule has 2 aliphatic rings. The standard InChI is InChI=1S/C12H20N2O2S/c1-8-5-6-10(16-8)12(15)14-7-3-2-4-9(14)11(13)17/h8-10H,2-7H2,1H3,(H2,13,17). The molecule has 4 nitrogen and oxygen atoms in total. The van der Waals surface area contributed by atoms with Gasteiger partial charge in [0.05, 0.1) is 17.1 Å². The van der Waals surface area contributed by atoms with Crippen molar-refractivity contribution < 1.29 is 9.53 Å². The minimum atomic E-state index is -0.278. The molecule has 2 aliphatic heterocycles. The topological polar surface area (TPSA) is 55.6 Å². The summed E-state index contributed by atoms with van der Waals surface area (Å²) < 4.78 is 5.63. The van der Waals surface area contributed by atoms with Crippen LogP contribution in [-0.4, -0.2) is 40.6 Å². The number of nitrogens with zero attached hydrogens (tertiary/aromatic N) is 1. The van der Waals surface area contributed by atoms with Gasteiger partial charge in [0.15, 0.2) is 0 Å². The molecule has 0 aliphatic carbocycles. The molecule has 0 aromatic rings. The molecule has 2 saturated heterocycles. The van der Waals surface area contributed by atoms with Crippen molar-refractivity contribution in [2.75, 3.05) is 6.54 Å². The van der Waals surface area contributed by atoms with E-state index in [1.165, 1.54) is 0 Å². The van der Waals surface area contributed by atoms with Crippen LogP contribution < -0.4 is 5.73 Å². The van der Waals surface area contributed by atoms with E-state index in [9.17, 15) is 4.79 Å². The largest absolute Gasteiger partial charge is 0.392 e. The first kappa shape index (κ1) is 12.8. The molecule has 0 aromatic heterocycles. The molecule has 96 valence electrons. The number of amides is 1. The number of ether oxygens (including phenoxy) is 1. The third-order valence-electron chi connectivity index (χ3n) is 3.62. The van der Waals surface area contributed by atoms with Gasteiger partial charge < -0.3 is 15.4 Å². The highest BCUT2D eigenvalue weighted by atomic mass is 32.1. The van der Waals surface area contributed by atoms with Gasteiger partial charge in [-0.2, -0.15) is 0 Å². The molecule has 3 atom stereocenters. The zero-order valence-electron chi connectivity index (χ0n) is 10.2. The van der Waals surface area contributed by atoms with E-state index in [-0.39, 0.29) is 24.2 Å². The minimum Gasteiger partial charge on any atom is -0.392 e. The van der Waals surface area contributed by atoms with E-state index < -0.39 is 0 Å². The van der Waals surface area contributed by atoms with Gasteiger partial charge in [0.1, 0.15) is 6.10 Å². The fourth-order valence-electron chi connectivity index (χ4n) is 2.66. The van der Waals surface area contributed by atoms with Crippen molar-refractivity contribution in [3.63, 3.8) is 0 Å². The molecule has 1 amide bonds.